The van der Waals surface area contributed by atoms with Gasteiger partial charge in [-0.25, -0.2) is 4.98 Å². The minimum atomic E-state index is 0.218. The molecule has 2 aromatic rings. The zero-order chi connectivity index (χ0) is 15.2. The Hall–Kier alpha value is -1.69. The molecule has 2 aromatic heterocycles. The van der Waals surface area contributed by atoms with Gasteiger partial charge < -0.3 is 5.32 Å². The van der Waals surface area contributed by atoms with Gasteiger partial charge in [0, 0.05) is 19.5 Å². The quantitative estimate of drug-likeness (QED) is 0.809. The van der Waals surface area contributed by atoms with Gasteiger partial charge in [-0.15, -0.1) is 0 Å². The Morgan fingerprint density at radius 1 is 1.24 bits per heavy atom. The lowest BCUT2D eigenvalue weighted by atomic mass is 10.1. The van der Waals surface area contributed by atoms with Crippen LogP contribution in [-0.2, 0) is 19.5 Å². The van der Waals surface area contributed by atoms with E-state index in [0.717, 1.165) is 44.0 Å². The molecular formula is C15H26N6. The second-order valence-corrected chi connectivity index (χ2v) is 5.24. The van der Waals surface area contributed by atoms with Crippen molar-refractivity contribution in [2.24, 2.45) is 0 Å². The molecule has 0 aliphatic heterocycles. The predicted molar refractivity (Wildman–Crippen MR) is 83.1 cm³/mol. The Morgan fingerprint density at radius 3 is 2.71 bits per heavy atom. The first-order chi connectivity index (χ1) is 10.2. The summed E-state index contributed by atoms with van der Waals surface area (Å²) in [5, 5.41) is 12.4. The summed E-state index contributed by atoms with van der Waals surface area (Å²) in [5.74, 6) is 1.03. The van der Waals surface area contributed by atoms with Gasteiger partial charge in [0.25, 0.3) is 0 Å². The second kappa shape index (κ2) is 7.36. The van der Waals surface area contributed by atoms with Crippen LogP contribution >= 0.6 is 0 Å². The van der Waals surface area contributed by atoms with Crippen LogP contribution in [-0.4, -0.2) is 31.1 Å². The number of aromatic nitrogens is 5. The summed E-state index contributed by atoms with van der Waals surface area (Å²) in [5.41, 5.74) is 2.28. The molecule has 1 atom stereocenters. The highest BCUT2D eigenvalue weighted by atomic mass is 15.3. The van der Waals surface area contributed by atoms with Crippen LogP contribution in [0.4, 0.5) is 0 Å². The number of rotatable bonds is 8. The number of hydrogen-bond acceptors (Lipinski definition) is 4. The average molecular weight is 290 g/mol. The summed E-state index contributed by atoms with van der Waals surface area (Å²) < 4.78 is 4.08. The Morgan fingerprint density at radius 2 is 2.05 bits per heavy atom. The number of nitrogens with zero attached hydrogens (tertiary/aromatic N) is 5. The molecule has 0 aliphatic rings. The zero-order valence-electron chi connectivity index (χ0n) is 13.5. The lowest BCUT2D eigenvalue weighted by Gasteiger charge is -2.19. The molecule has 0 aliphatic carbocycles. The van der Waals surface area contributed by atoms with Gasteiger partial charge in [0.2, 0.25) is 0 Å². The normalized spacial score (nSPS) is 12.8. The first-order valence-electron chi connectivity index (χ1n) is 7.83. The first-order valence-corrected chi connectivity index (χ1v) is 7.83. The Bertz CT molecular complexity index is 556. The standard InChI is InChI=1S/C15H26N6/c1-5-8-21-15(17-11-18-21)10-13(16-6-2)14-9-12(4)19-20(14)7-3/h9,11,13,16H,5-8,10H2,1-4H3. The van der Waals surface area contributed by atoms with Gasteiger partial charge in [-0.1, -0.05) is 13.8 Å². The van der Waals surface area contributed by atoms with Gasteiger partial charge in [-0.2, -0.15) is 10.2 Å². The molecule has 0 saturated carbocycles. The summed E-state index contributed by atoms with van der Waals surface area (Å²) in [6.45, 7) is 11.2. The van der Waals surface area contributed by atoms with Crippen LogP contribution in [0.25, 0.3) is 0 Å². The average Bonchev–Trinajstić information content (AvgIpc) is 3.05. The number of hydrogen-bond donors (Lipinski definition) is 1. The molecule has 0 aromatic carbocycles. The maximum atomic E-state index is 4.55. The lowest BCUT2D eigenvalue weighted by Crippen LogP contribution is -2.27. The van der Waals surface area contributed by atoms with E-state index in [2.05, 4.69) is 52.0 Å². The largest absolute Gasteiger partial charge is 0.309 e. The van der Waals surface area contributed by atoms with Crippen LogP contribution in [0.1, 0.15) is 50.4 Å². The lowest BCUT2D eigenvalue weighted by molar-refractivity contribution is 0.463. The molecule has 0 bridgehead atoms. The van der Waals surface area contributed by atoms with E-state index in [1.165, 1.54) is 5.69 Å². The highest BCUT2D eigenvalue weighted by molar-refractivity contribution is 5.15. The molecule has 0 fully saturated rings. The number of aryl methyl sites for hydroxylation is 3. The highest BCUT2D eigenvalue weighted by Gasteiger charge is 2.19. The topological polar surface area (TPSA) is 60.6 Å². The summed E-state index contributed by atoms with van der Waals surface area (Å²) >= 11 is 0. The molecule has 0 radical (unpaired) electrons. The third-order valence-corrected chi connectivity index (χ3v) is 3.56. The fourth-order valence-corrected chi connectivity index (χ4v) is 2.65. The summed E-state index contributed by atoms with van der Waals surface area (Å²) in [6.07, 6.45) is 3.55. The SMILES string of the molecule is CCCn1ncnc1CC(NCC)c1cc(C)nn1CC. The van der Waals surface area contributed by atoms with Gasteiger partial charge in [0.05, 0.1) is 17.4 Å². The summed E-state index contributed by atoms with van der Waals surface area (Å²) in [6, 6.07) is 2.38. The molecule has 21 heavy (non-hydrogen) atoms. The third kappa shape index (κ3) is 3.69. The smallest absolute Gasteiger partial charge is 0.138 e. The van der Waals surface area contributed by atoms with Crippen molar-refractivity contribution in [3.05, 3.63) is 29.6 Å². The molecular weight excluding hydrogens is 264 g/mol. The maximum absolute atomic E-state index is 4.55. The fraction of sp³-hybridized carbons (Fsp3) is 0.667. The van der Waals surface area contributed by atoms with Crippen molar-refractivity contribution in [3.8, 4) is 0 Å². The van der Waals surface area contributed by atoms with Crippen molar-refractivity contribution in [1.82, 2.24) is 29.9 Å². The predicted octanol–water partition coefficient (Wildman–Crippen LogP) is 2.11. The van der Waals surface area contributed by atoms with E-state index in [9.17, 15) is 0 Å². The van der Waals surface area contributed by atoms with Gasteiger partial charge in [0.1, 0.15) is 12.2 Å². The van der Waals surface area contributed by atoms with Gasteiger partial charge in [0.15, 0.2) is 0 Å². The van der Waals surface area contributed by atoms with Crippen LogP contribution < -0.4 is 5.32 Å². The summed E-state index contributed by atoms with van der Waals surface area (Å²) in [7, 11) is 0. The maximum Gasteiger partial charge on any atom is 0.138 e. The summed E-state index contributed by atoms with van der Waals surface area (Å²) in [4.78, 5) is 4.43. The van der Waals surface area contributed by atoms with E-state index in [-0.39, 0.29) is 6.04 Å². The van der Waals surface area contributed by atoms with Crippen molar-refractivity contribution in [2.75, 3.05) is 6.54 Å². The molecule has 6 heteroatoms. The van der Waals surface area contributed by atoms with Crippen molar-refractivity contribution in [1.29, 1.82) is 0 Å². The number of nitrogens with one attached hydrogen (secondary N) is 1. The molecule has 0 amide bonds. The third-order valence-electron chi connectivity index (χ3n) is 3.56. The van der Waals surface area contributed by atoms with Crippen molar-refractivity contribution >= 4 is 0 Å². The molecule has 0 spiro atoms. The molecule has 2 rings (SSSR count). The van der Waals surface area contributed by atoms with Crippen molar-refractivity contribution in [3.63, 3.8) is 0 Å². The van der Waals surface area contributed by atoms with Crippen molar-refractivity contribution < 1.29 is 0 Å². The minimum Gasteiger partial charge on any atom is -0.309 e. The second-order valence-electron chi connectivity index (χ2n) is 5.24. The highest BCUT2D eigenvalue weighted by Crippen LogP contribution is 2.19. The van der Waals surface area contributed by atoms with Crippen LogP contribution in [0.3, 0.4) is 0 Å². The van der Waals surface area contributed by atoms with Gasteiger partial charge in [-0.05, 0) is 32.9 Å². The van der Waals surface area contributed by atoms with E-state index in [4.69, 9.17) is 0 Å². The molecule has 1 N–H and O–H groups in total. The minimum absolute atomic E-state index is 0.218. The number of likely N-dealkylation sites (N-methyl/N-ethyl adjacent to an activating group) is 1. The van der Waals surface area contributed by atoms with E-state index in [1.54, 1.807) is 6.33 Å². The van der Waals surface area contributed by atoms with Gasteiger partial charge in [-0.3, -0.25) is 9.36 Å². The molecule has 1 unspecified atom stereocenters. The van der Waals surface area contributed by atoms with Gasteiger partial charge >= 0.3 is 0 Å². The monoisotopic (exact) mass is 290 g/mol. The molecule has 6 nitrogen and oxygen atoms in total. The van der Waals surface area contributed by atoms with Crippen LogP contribution in [0.5, 0.6) is 0 Å². The zero-order valence-corrected chi connectivity index (χ0v) is 13.5. The van der Waals surface area contributed by atoms with E-state index < -0.39 is 0 Å². The van der Waals surface area contributed by atoms with Crippen molar-refractivity contribution in [2.45, 2.75) is 59.7 Å². The molecule has 116 valence electrons. The van der Waals surface area contributed by atoms with E-state index >= 15 is 0 Å². The van der Waals surface area contributed by atoms with E-state index in [1.807, 2.05) is 11.6 Å². The Balaban J connectivity index is 2.24. The Kier molecular flexibility index (Phi) is 5.50. The first kappa shape index (κ1) is 15.7. The molecule has 2 heterocycles. The van der Waals surface area contributed by atoms with Crippen LogP contribution in [0.15, 0.2) is 12.4 Å². The fourth-order valence-electron chi connectivity index (χ4n) is 2.65. The van der Waals surface area contributed by atoms with E-state index in [0.29, 0.717) is 0 Å². The Labute approximate surface area is 126 Å². The van der Waals surface area contributed by atoms with Crippen LogP contribution in [0.2, 0.25) is 0 Å². The molecule has 0 saturated heterocycles. The van der Waals surface area contributed by atoms with Crippen LogP contribution in [0, 0.1) is 6.92 Å².